The van der Waals surface area contributed by atoms with E-state index in [-0.39, 0.29) is 0 Å². The lowest BCUT2D eigenvalue weighted by atomic mass is 10.0. The number of aliphatic hydroxyl groups excluding tert-OH is 1. The number of allylic oxidation sites excluding steroid dienone is 2. The lowest BCUT2D eigenvalue weighted by molar-refractivity contribution is 0.0206. The molecule has 2 atom stereocenters. The zero-order chi connectivity index (χ0) is 9.14. The summed E-state index contributed by atoms with van der Waals surface area (Å²) in [5, 5.41) is 17.5. The van der Waals surface area contributed by atoms with Crippen LogP contribution in [0.4, 0.5) is 4.79 Å². The molecular weight excluding hydrogens is 160 g/mol. The van der Waals surface area contributed by atoms with Crippen LogP contribution in [-0.2, 0) is 4.74 Å². The quantitative estimate of drug-likeness (QED) is 0.574. The zero-order valence-electron chi connectivity index (χ0n) is 6.60. The van der Waals surface area contributed by atoms with E-state index < -0.39 is 18.4 Å². The van der Waals surface area contributed by atoms with E-state index in [1.165, 1.54) is 6.08 Å². The van der Waals surface area contributed by atoms with Gasteiger partial charge in [0, 0.05) is 0 Å². The van der Waals surface area contributed by atoms with Crippen LogP contribution in [0.1, 0.15) is 6.92 Å². The van der Waals surface area contributed by atoms with E-state index in [1.807, 2.05) is 6.92 Å². The van der Waals surface area contributed by atoms with Crippen molar-refractivity contribution in [3.63, 3.8) is 0 Å². The van der Waals surface area contributed by atoms with E-state index in [9.17, 15) is 9.90 Å². The SMILES string of the molecule is CC1=CC(O)C(OC(=O)O)C=C1. The summed E-state index contributed by atoms with van der Waals surface area (Å²) in [6.45, 7) is 1.82. The van der Waals surface area contributed by atoms with Crippen LogP contribution >= 0.6 is 0 Å². The van der Waals surface area contributed by atoms with Crippen molar-refractivity contribution in [1.82, 2.24) is 0 Å². The maximum Gasteiger partial charge on any atom is 0.506 e. The van der Waals surface area contributed by atoms with Crippen LogP contribution < -0.4 is 0 Å². The number of hydrogen-bond donors (Lipinski definition) is 2. The van der Waals surface area contributed by atoms with Gasteiger partial charge in [-0.25, -0.2) is 4.79 Å². The first-order chi connectivity index (χ1) is 5.59. The number of carbonyl (C=O) groups is 1. The van der Waals surface area contributed by atoms with E-state index in [0.29, 0.717) is 0 Å². The van der Waals surface area contributed by atoms with E-state index >= 15 is 0 Å². The fraction of sp³-hybridized carbons (Fsp3) is 0.375. The van der Waals surface area contributed by atoms with E-state index in [1.54, 1.807) is 12.2 Å². The highest BCUT2D eigenvalue weighted by Gasteiger charge is 2.20. The summed E-state index contributed by atoms with van der Waals surface area (Å²) in [4.78, 5) is 10.1. The molecule has 0 aromatic heterocycles. The number of aliphatic hydroxyl groups is 1. The van der Waals surface area contributed by atoms with Crippen molar-refractivity contribution < 1.29 is 19.7 Å². The van der Waals surface area contributed by atoms with Gasteiger partial charge in [0.15, 0.2) is 6.10 Å². The molecule has 12 heavy (non-hydrogen) atoms. The number of hydrogen-bond acceptors (Lipinski definition) is 3. The molecule has 0 aromatic rings. The Morgan fingerprint density at radius 1 is 1.67 bits per heavy atom. The third-order valence-electron chi connectivity index (χ3n) is 1.56. The molecule has 1 aliphatic rings. The Hall–Kier alpha value is -1.29. The van der Waals surface area contributed by atoms with Gasteiger partial charge < -0.3 is 14.9 Å². The molecule has 4 heteroatoms. The average Bonchev–Trinajstić information content (AvgIpc) is 1.94. The second-order valence-corrected chi connectivity index (χ2v) is 2.61. The minimum atomic E-state index is -1.38. The molecule has 0 saturated carbocycles. The normalized spacial score (nSPS) is 28.0. The average molecular weight is 170 g/mol. The maximum absolute atomic E-state index is 10.1. The standard InChI is InChI=1S/C8H10O4/c1-5-2-3-7(6(9)4-5)12-8(10)11/h2-4,6-7,9H,1H3,(H,10,11). The second-order valence-electron chi connectivity index (χ2n) is 2.61. The second kappa shape index (κ2) is 3.40. The van der Waals surface area contributed by atoms with Crippen LogP contribution in [0.5, 0.6) is 0 Å². The Labute approximate surface area is 69.8 Å². The Morgan fingerprint density at radius 3 is 2.83 bits per heavy atom. The molecule has 66 valence electrons. The van der Waals surface area contributed by atoms with Crippen LogP contribution in [0.15, 0.2) is 23.8 Å². The van der Waals surface area contributed by atoms with Crippen molar-refractivity contribution in [2.75, 3.05) is 0 Å². The summed E-state index contributed by atoms with van der Waals surface area (Å²) in [5.74, 6) is 0. The van der Waals surface area contributed by atoms with Gasteiger partial charge in [0.05, 0.1) is 0 Å². The van der Waals surface area contributed by atoms with Crippen LogP contribution in [0, 0.1) is 0 Å². The Kier molecular flexibility index (Phi) is 2.50. The minimum Gasteiger partial charge on any atom is -0.450 e. The van der Waals surface area contributed by atoms with Crippen molar-refractivity contribution >= 4 is 6.16 Å². The van der Waals surface area contributed by atoms with E-state index in [0.717, 1.165) is 5.57 Å². The molecule has 0 aliphatic heterocycles. The lowest BCUT2D eigenvalue weighted by Crippen LogP contribution is -2.29. The van der Waals surface area contributed by atoms with Gasteiger partial charge in [-0.2, -0.15) is 0 Å². The third-order valence-corrected chi connectivity index (χ3v) is 1.56. The predicted molar refractivity (Wildman–Crippen MR) is 41.8 cm³/mol. The van der Waals surface area contributed by atoms with Gasteiger partial charge in [-0.1, -0.05) is 11.6 Å². The molecule has 0 bridgehead atoms. The van der Waals surface area contributed by atoms with Crippen LogP contribution in [-0.4, -0.2) is 28.6 Å². The molecule has 1 rings (SSSR count). The molecule has 4 nitrogen and oxygen atoms in total. The van der Waals surface area contributed by atoms with Gasteiger partial charge in [0.1, 0.15) is 6.10 Å². The summed E-state index contributed by atoms with van der Waals surface area (Å²) in [6.07, 6.45) is 1.76. The molecule has 0 radical (unpaired) electrons. The molecule has 1 aliphatic carbocycles. The molecule has 2 unspecified atom stereocenters. The van der Waals surface area contributed by atoms with Gasteiger partial charge >= 0.3 is 6.16 Å². The van der Waals surface area contributed by atoms with Gasteiger partial charge in [-0.3, -0.25) is 0 Å². The fourth-order valence-electron chi connectivity index (χ4n) is 1.01. The van der Waals surface area contributed by atoms with E-state index in [4.69, 9.17) is 5.11 Å². The Balaban J connectivity index is 2.60. The van der Waals surface area contributed by atoms with Crippen LogP contribution in [0.2, 0.25) is 0 Å². The maximum atomic E-state index is 10.1. The summed E-state index contributed by atoms with van der Waals surface area (Å²) in [5.41, 5.74) is 0.896. The van der Waals surface area contributed by atoms with Gasteiger partial charge in [0.2, 0.25) is 0 Å². The number of rotatable bonds is 1. The topological polar surface area (TPSA) is 66.8 Å². The largest absolute Gasteiger partial charge is 0.506 e. The number of ether oxygens (including phenoxy) is 1. The van der Waals surface area contributed by atoms with Gasteiger partial charge in [-0.05, 0) is 19.1 Å². The molecule has 0 spiro atoms. The molecule has 0 saturated heterocycles. The fourth-order valence-corrected chi connectivity index (χ4v) is 1.01. The van der Waals surface area contributed by atoms with Crippen molar-refractivity contribution in [3.8, 4) is 0 Å². The van der Waals surface area contributed by atoms with Gasteiger partial charge in [0.25, 0.3) is 0 Å². The molecule has 0 fully saturated rings. The van der Waals surface area contributed by atoms with Crippen molar-refractivity contribution in [3.05, 3.63) is 23.8 Å². The first-order valence-corrected chi connectivity index (χ1v) is 3.54. The molecule has 0 heterocycles. The minimum absolute atomic E-state index is 0.772. The Morgan fingerprint density at radius 2 is 2.33 bits per heavy atom. The van der Waals surface area contributed by atoms with Crippen molar-refractivity contribution in [2.24, 2.45) is 0 Å². The smallest absolute Gasteiger partial charge is 0.450 e. The van der Waals surface area contributed by atoms with Crippen molar-refractivity contribution in [2.45, 2.75) is 19.1 Å². The predicted octanol–water partition coefficient (Wildman–Crippen LogP) is 0.927. The summed E-state index contributed by atoms with van der Waals surface area (Å²) in [6, 6.07) is 0. The van der Waals surface area contributed by atoms with Gasteiger partial charge in [-0.15, -0.1) is 0 Å². The monoisotopic (exact) mass is 170 g/mol. The Bertz CT molecular complexity index is 241. The first-order valence-electron chi connectivity index (χ1n) is 3.54. The third kappa shape index (κ3) is 2.10. The first kappa shape index (κ1) is 8.80. The molecular formula is C8H10O4. The molecule has 2 N–H and O–H groups in total. The molecule has 0 amide bonds. The van der Waals surface area contributed by atoms with E-state index in [2.05, 4.69) is 4.74 Å². The van der Waals surface area contributed by atoms with Crippen molar-refractivity contribution in [1.29, 1.82) is 0 Å². The summed E-state index contributed by atoms with van der Waals surface area (Å²) in [7, 11) is 0. The highest BCUT2D eigenvalue weighted by Crippen LogP contribution is 2.13. The van der Waals surface area contributed by atoms with Crippen LogP contribution in [0.3, 0.4) is 0 Å². The lowest BCUT2D eigenvalue weighted by Gasteiger charge is -2.19. The summed E-state index contributed by atoms with van der Waals surface area (Å²) >= 11 is 0. The highest BCUT2D eigenvalue weighted by molar-refractivity contribution is 5.57. The summed E-state index contributed by atoms with van der Waals surface area (Å²) < 4.78 is 4.39. The molecule has 0 aromatic carbocycles. The zero-order valence-corrected chi connectivity index (χ0v) is 6.60. The van der Waals surface area contributed by atoms with Crippen LogP contribution in [0.25, 0.3) is 0 Å². The highest BCUT2D eigenvalue weighted by atomic mass is 16.7. The number of carboxylic acid groups (broad SMARTS) is 1.